The second-order valence-corrected chi connectivity index (χ2v) is 16.3. The average molecular weight is 838 g/mol. The van der Waals surface area contributed by atoms with Gasteiger partial charge in [-0.25, -0.2) is 0 Å². The van der Waals surface area contributed by atoms with E-state index in [2.05, 4.69) is 115 Å². The summed E-state index contributed by atoms with van der Waals surface area (Å²) in [5.41, 5.74) is 7.98. The minimum absolute atomic E-state index is 0.298. The lowest BCUT2D eigenvalue weighted by atomic mass is 9.96. The first kappa shape index (κ1) is 43.8. The molecule has 0 atom stereocenters. The summed E-state index contributed by atoms with van der Waals surface area (Å²) < 4.78 is 38.6. The van der Waals surface area contributed by atoms with Gasteiger partial charge in [0.2, 0.25) is 0 Å². The smallest absolute Gasteiger partial charge is 0.255 e. The Labute approximate surface area is 366 Å². The highest BCUT2D eigenvalue weighted by Crippen LogP contribution is 2.38. The van der Waals surface area contributed by atoms with E-state index in [9.17, 15) is 0 Å². The molecule has 7 rings (SSSR count). The van der Waals surface area contributed by atoms with Crippen LogP contribution in [0.2, 0.25) is 0 Å². The van der Waals surface area contributed by atoms with Crippen LogP contribution in [0.4, 0.5) is 0 Å². The highest BCUT2D eigenvalue weighted by molar-refractivity contribution is 6.02. The summed E-state index contributed by atoms with van der Waals surface area (Å²) in [6.45, 7) is 6.76. The average Bonchev–Trinajstić information content (AvgIpc) is 3.73. The maximum absolute atomic E-state index is 6.56. The fourth-order valence-corrected chi connectivity index (χ4v) is 8.28. The Morgan fingerprint density at radius 3 is 1.69 bits per heavy atom. The molecule has 0 amide bonds. The molecule has 0 radical (unpaired) electrons. The van der Waals surface area contributed by atoms with Crippen molar-refractivity contribution in [2.24, 2.45) is 0 Å². The first-order chi connectivity index (χ1) is 30.2. The molecule has 0 spiro atoms. The van der Waals surface area contributed by atoms with Crippen LogP contribution in [0.25, 0.3) is 21.5 Å². The van der Waals surface area contributed by atoms with Crippen molar-refractivity contribution < 1.29 is 33.1 Å². The predicted molar refractivity (Wildman–Crippen MR) is 247 cm³/mol. The molecule has 0 bridgehead atoms. The number of aromatic amines is 1. The zero-order valence-corrected chi connectivity index (χ0v) is 37.6. The maximum atomic E-state index is 6.56. The van der Waals surface area contributed by atoms with Crippen LogP contribution in [0.15, 0.2) is 97.2 Å². The van der Waals surface area contributed by atoms with Crippen molar-refractivity contribution >= 4 is 21.5 Å². The summed E-state index contributed by atoms with van der Waals surface area (Å²) in [4.78, 5) is 2.24. The van der Waals surface area contributed by atoms with Crippen molar-refractivity contribution in [3.63, 3.8) is 0 Å². The summed E-state index contributed by atoms with van der Waals surface area (Å²) >= 11 is 0. The first-order valence-corrected chi connectivity index (χ1v) is 21.5. The van der Waals surface area contributed by atoms with Crippen LogP contribution in [0.5, 0.6) is 34.5 Å². The van der Waals surface area contributed by atoms with E-state index in [4.69, 9.17) is 28.4 Å². The van der Waals surface area contributed by atoms with Gasteiger partial charge in [-0.1, -0.05) is 66.6 Å². The second kappa shape index (κ2) is 20.5. The normalized spacial score (nSPS) is 11.4. The summed E-state index contributed by atoms with van der Waals surface area (Å²) in [6.07, 6.45) is 7.60. The molecule has 10 heteroatoms. The van der Waals surface area contributed by atoms with Gasteiger partial charge in [0.1, 0.15) is 41.0 Å². The molecule has 6 aromatic carbocycles. The maximum Gasteiger partial charge on any atom is 0.255 e. The highest BCUT2D eigenvalue weighted by Gasteiger charge is 2.20. The van der Waals surface area contributed by atoms with E-state index in [0.717, 1.165) is 93.0 Å². The standard InChI is InChI=1S/C52H60N4O6/c1-35-23-49(58-6)39(28-47(35)57-5)26-40-30-51(60-8)41(31-50(40)59-7)27-42-29-48(36(2)24-52(42)61-22-16-10-9-15-21-55(3)4)62-34-43-32-56(54-53-43)33-46-44-19-13-11-17-37(44)25-38-18-12-14-20-45(38)46/h11-14,17-20,23-25,28-32H,9-10,15-16,21-22,26-27,33-34H2,1-8H3/p+1. The molecule has 10 nitrogen and oxygen atoms in total. The third kappa shape index (κ3) is 10.4. The van der Waals surface area contributed by atoms with Gasteiger partial charge < -0.3 is 33.3 Å². The van der Waals surface area contributed by atoms with Crippen molar-refractivity contribution in [3.05, 3.63) is 142 Å². The third-order valence-electron chi connectivity index (χ3n) is 11.6. The fraction of sp³-hybridized carbons (Fsp3) is 0.346. The summed E-state index contributed by atoms with van der Waals surface area (Å²) in [5, 5.41) is 12.8. The number of ether oxygens (including phenoxy) is 6. The van der Waals surface area contributed by atoms with Gasteiger partial charge in [0.05, 0.1) is 35.0 Å². The van der Waals surface area contributed by atoms with Crippen molar-refractivity contribution in [2.45, 2.75) is 65.5 Å². The topological polar surface area (TPSA) is 91.2 Å². The number of aromatic nitrogens is 3. The summed E-state index contributed by atoms with van der Waals surface area (Å²) in [5.74, 6) is 4.73. The molecule has 0 saturated carbocycles. The van der Waals surface area contributed by atoms with E-state index in [0.29, 0.717) is 32.6 Å². The molecule has 0 fully saturated rings. The van der Waals surface area contributed by atoms with Crippen molar-refractivity contribution in [2.75, 3.05) is 55.7 Å². The van der Waals surface area contributed by atoms with Crippen LogP contribution in [-0.4, -0.2) is 70.9 Å². The van der Waals surface area contributed by atoms with Crippen molar-refractivity contribution in [3.8, 4) is 34.5 Å². The van der Waals surface area contributed by atoms with E-state index >= 15 is 0 Å². The van der Waals surface area contributed by atoms with Gasteiger partial charge in [-0.3, -0.25) is 0 Å². The fourth-order valence-electron chi connectivity index (χ4n) is 8.28. The van der Waals surface area contributed by atoms with E-state index in [1.165, 1.54) is 39.9 Å². The molecule has 0 saturated heterocycles. The molecule has 0 aliphatic carbocycles. The van der Waals surface area contributed by atoms with Gasteiger partial charge in [-0.15, -0.1) is 0 Å². The van der Waals surface area contributed by atoms with Crippen LogP contribution in [0.1, 0.15) is 70.3 Å². The number of fused-ring (bicyclic) bond motifs is 2. The molecule has 0 unspecified atom stereocenters. The van der Waals surface area contributed by atoms with Crippen LogP contribution in [-0.2, 0) is 26.0 Å². The quantitative estimate of drug-likeness (QED) is 0.0435. The monoisotopic (exact) mass is 837 g/mol. The molecular weight excluding hydrogens is 777 g/mol. The van der Waals surface area contributed by atoms with Crippen LogP contribution in [0, 0.1) is 13.8 Å². The molecule has 0 aliphatic rings. The SMILES string of the molecule is COc1cc(Cc2cc(OC)c(Cc3cc(OCc4c[n+](Cc5c6ccccc6cc6ccccc56)[nH]n4)c(C)cc3OCCCCCCN(C)C)cc2OC)c(OC)cc1C. The number of benzene rings is 6. The van der Waals surface area contributed by atoms with Gasteiger partial charge in [-0.2, -0.15) is 4.68 Å². The van der Waals surface area contributed by atoms with Gasteiger partial charge in [0.15, 0.2) is 12.8 Å². The second-order valence-electron chi connectivity index (χ2n) is 16.3. The molecule has 62 heavy (non-hydrogen) atoms. The Morgan fingerprint density at radius 1 is 0.565 bits per heavy atom. The lowest BCUT2D eigenvalue weighted by molar-refractivity contribution is -0.745. The number of H-pyrrole nitrogens is 1. The van der Waals surface area contributed by atoms with Crippen molar-refractivity contribution in [1.82, 2.24) is 15.2 Å². The van der Waals surface area contributed by atoms with Gasteiger partial charge in [0.25, 0.3) is 5.69 Å². The van der Waals surface area contributed by atoms with Gasteiger partial charge in [-0.05, 0) is 122 Å². The molecule has 1 N–H and O–H groups in total. The molecule has 1 aromatic heterocycles. The van der Waals surface area contributed by atoms with E-state index in [1.54, 1.807) is 28.4 Å². The molecular formula is C52H61N4O6+. The van der Waals surface area contributed by atoms with Crippen LogP contribution < -0.4 is 33.1 Å². The molecule has 324 valence electrons. The number of nitrogens with one attached hydrogen (secondary N) is 1. The molecule has 0 aliphatic heterocycles. The summed E-state index contributed by atoms with van der Waals surface area (Å²) in [6, 6.07) is 31.7. The van der Waals surface area contributed by atoms with E-state index < -0.39 is 0 Å². The van der Waals surface area contributed by atoms with E-state index in [1.807, 2.05) is 29.9 Å². The van der Waals surface area contributed by atoms with E-state index in [-0.39, 0.29) is 0 Å². The van der Waals surface area contributed by atoms with Crippen LogP contribution in [0.3, 0.4) is 0 Å². The number of rotatable bonds is 21. The largest absolute Gasteiger partial charge is 0.496 e. The Bertz CT molecular complexity index is 2560. The van der Waals surface area contributed by atoms with Crippen molar-refractivity contribution in [1.29, 1.82) is 0 Å². The number of unbranched alkanes of at least 4 members (excludes halogenated alkanes) is 3. The van der Waals surface area contributed by atoms with Gasteiger partial charge >= 0.3 is 0 Å². The Kier molecular flexibility index (Phi) is 14.5. The zero-order chi connectivity index (χ0) is 43.6. The minimum atomic E-state index is 0.298. The Morgan fingerprint density at radius 2 is 1.08 bits per heavy atom. The van der Waals surface area contributed by atoms with Gasteiger partial charge in [0, 0.05) is 45.8 Å². The minimum Gasteiger partial charge on any atom is -0.496 e. The number of hydrogen-bond donors (Lipinski definition) is 1. The Hall–Kier alpha value is -6.26. The highest BCUT2D eigenvalue weighted by atomic mass is 16.5. The summed E-state index contributed by atoms with van der Waals surface area (Å²) in [7, 11) is 11.0. The zero-order valence-electron chi connectivity index (χ0n) is 37.6. The molecule has 7 aromatic rings. The molecule has 1 heterocycles. The first-order valence-electron chi connectivity index (χ1n) is 21.5. The lowest BCUT2D eigenvalue weighted by Gasteiger charge is -2.19. The Balaban J connectivity index is 1.13. The third-order valence-corrected chi connectivity index (χ3v) is 11.6. The van der Waals surface area contributed by atoms with Crippen LogP contribution >= 0.6 is 0 Å². The number of nitrogens with zero attached hydrogens (tertiary/aromatic N) is 3. The lowest BCUT2D eigenvalue weighted by Crippen LogP contribution is -2.35. The number of hydrogen-bond acceptors (Lipinski definition) is 8. The predicted octanol–water partition coefficient (Wildman–Crippen LogP) is 9.96. The number of methoxy groups -OCH3 is 4. The number of aryl methyl sites for hydroxylation is 2.